The zero-order chi connectivity index (χ0) is 19.7. The lowest BCUT2D eigenvalue weighted by Gasteiger charge is -2.19. The van der Waals surface area contributed by atoms with Gasteiger partial charge in [0.1, 0.15) is 5.75 Å². The molecule has 0 saturated heterocycles. The van der Waals surface area contributed by atoms with Crippen LogP contribution in [0.2, 0.25) is 0 Å². The van der Waals surface area contributed by atoms with Gasteiger partial charge in [0, 0.05) is 6.04 Å². The lowest BCUT2D eigenvalue weighted by molar-refractivity contribution is 0.131. The van der Waals surface area contributed by atoms with Gasteiger partial charge in [0.2, 0.25) is 0 Å². The summed E-state index contributed by atoms with van der Waals surface area (Å²) in [6.45, 7) is 2.27. The number of aliphatic hydroxyl groups excluding tert-OH is 1. The van der Waals surface area contributed by atoms with Gasteiger partial charge >= 0.3 is 0 Å². The molecule has 0 spiro atoms. The van der Waals surface area contributed by atoms with E-state index in [9.17, 15) is 5.11 Å². The molecule has 27 heavy (non-hydrogen) atoms. The summed E-state index contributed by atoms with van der Waals surface area (Å²) in [6.07, 6.45) is 17.2. The van der Waals surface area contributed by atoms with Gasteiger partial charge in [0.05, 0.1) is 13.2 Å². The molecule has 3 N–H and O–H groups in total. The number of nitrogens with two attached hydrogens (primary N) is 1. The van der Waals surface area contributed by atoms with Crippen molar-refractivity contribution < 1.29 is 9.84 Å². The van der Waals surface area contributed by atoms with Gasteiger partial charge in [0.15, 0.2) is 0 Å². The number of unbranched alkanes of at least 4 members (excludes halogenated alkanes) is 11. The van der Waals surface area contributed by atoms with Crippen LogP contribution in [0.15, 0.2) is 24.3 Å². The second-order valence-corrected chi connectivity index (χ2v) is 7.96. The predicted octanol–water partition coefficient (Wildman–Crippen LogP) is 6.02. The summed E-state index contributed by atoms with van der Waals surface area (Å²) in [5.41, 5.74) is 7.33. The van der Waals surface area contributed by atoms with Crippen LogP contribution in [0.25, 0.3) is 0 Å². The van der Waals surface area contributed by atoms with Crippen LogP contribution in [-0.4, -0.2) is 24.4 Å². The lowest BCUT2D eigenvalue weighted by Crippen LogP contribution is -2.36. The molecular weight excluding hydrogens is 334 g/mol. The summed E-state index contributed by atoms with van der Waals surface area (Å²) in [5.74, 6) is 0.851. The molecule has 0 aliphatic carbocycles. The first-order chi connectivity index (χ1) is 13.2. The Morgan fingerprint density at radius 1 is 0.815 bits per heavy atom. The highest BCUT2D eigenvalue weighted by molar-refractivity contribution is 5.27. The predicted molar refractivity (Wildman–Crippen MR) is 116 cm³/mol. The van der Waals surface area contributed by atoms with Gasteiger partial charge in [-0.05, 0) is 30.5 Å². The zero-order valence-electron chi connectivity index (χ0n) is 17.8. The fraction of sp³-hybridized carbons (Fsp3) is 0.750. The van der Waals surface area contributed by atoms with E-state index in [4.69, 9.17) is 10.5 Å². The van der Waals surface area contributed by atoms with E-state index in [0.29, 0.717) is 6.42 Å². The van der Waals surface area contributed by atoms with Crippen molar-refractivity contribution in [3.63, 3.8) is 0 Å². The van der Waals surface area contributed by atoms with Crippen molar-refractivity contribution >= 4 is 0 Å². The fourth-order valence-corrected chi connectivity index (χ4v) is 3.58. The molecule has 0 amide bonds. The van der Waals surface area contributed by atoms with Gasteiger partial charge in [-0.15, -0.1) is 0 Å². The van der Waals surface area contributed by atoms with Crippen LogP contribution < -0.4 is 10.5 Å². The fourth-order valence-electron chi connectivity index (χ4n) is 3.58. The van der Waals surface area contributed by atoms with E-state index >= 15 is 0 Å². The SMILES string of the molecule is CCCCCCCCCCCCCCC(O)C(N)Cc1ccc(OC)cc1. The van der Waals surface area contributed by atoms with E-state index in [1.165, 1.54) is 70.6 Å². The van der Waals surface area contributed by atoms with Crippen molar-refractivity contribution in [3.8, 4) is 5.75 Å². The van der Waals surface area contributed by atoms with Crippen molar-refractivity contribution in [2.24, 2.45) is 5.73 Å². The molecule has 1 aromatic rings. The summed E-state index contributed by atoms with van der Waals surface area (Å²) in [4.78, 5) is 0. The number of hydrogen-bond donors (Lipinski definition) is 2. The van der Waals surface area contributed by atoms with Crippen LogP contribution in [-0.2, 0) is 6.42 Å². The summed E-state index contributed by atoms with van der Waals surface area (Å²) in [5, 5.41) is 10.3. The van der Waals surface area contributed by atoms with Gasteiger partial charge < -0.3 is 15.6 Å². The van der Waals surface area contributed by atoms with Gasteiger partial charge in [-0.25, -0.2) is 0 Å². The molecule has 0 aliphatic rings. The Morgan fingerprint density at radius 2 is 1.30 bits per heavy atom. The highest BCUT2D eigenvalue weighted by Gasteiger charge is 2.14. The Hall–Kier alpha value is -1.06. The minimum absolute atomic E-state index is 0.189. The lowest BCUT2D eigenvalue weighted by atomic mass is 9.97. The third kappa shape index (κ3) is 12.1. The first-order valence-electron chi connectivity index (χ1n) is 11.2. The molecule has 2 atom stereocenters. The molecule has 3 nitrogen and oxygen atoms in total. The topological polar surface area (TPSA) is 55.5 Å². The zero-order valence-corrected chi connectivity index (χ0v) is 17.8. The number of hydrogen-bond acceptors (Lipinski definition) is 3. The smallest absolute Gasteiger partial charge is 0.118 e. The van der Waals surface area contributed by atoms with Crippen molar-refractivity contribution in [2.45, 2.75) is 109 Å². The third-order valence-electron chi connectivity index (χ3n) is 5.48. The van der Waals surface area contributed by atoms with E-state index < -0.39 is 6.10 Å². The largest absolute Gasteiger partial charge is 0.497 e. The molecule has 0 aliphatic heterocycles. The molecule has 0 fully saturated rings. The molecule has 2 unspecified atom stereocenters. The molecule has 1 rings (SSSR count). The molecule has 0 bridgehead atoms. The van der Waals surface area contributed by atoms with Crippen molar-refractivity contribution in [3.05, 3.63) is 29.8 Å². The van der Waals surface area contributed by atoms with Crippen LogP contribution >= 0.6 is 0 Å². The minimum atomic E-state index is -0.407. The molecule has 0 aromatic heterocycles. The number of ether oxygens (including phenoxy) is 1. The number of benzene rings is 1. The number of aliphatic hydroxyl groups is 1. The van der Waals surface area contributed by atoms with Gasteiger partial charge in [-0.2, -0.15) is 0 Å². The summed E-state index contributed by atoms with van der Waals surface area (Å²) >= 11 is 0. The van der Waals surface area contributed by atoms with E-state index in [1.807, 2.05) is 24.3 Å². The monoisotopic (exact) mass is 377 g/mol. The second kappa shape index (κ2) is 15.9. The molecule has 3 heteroatoms. The van der Waals surface area contributed by atoms with Gasteiger partial charge in [-0.3, -0.25) is 0 Å². The maximum Gasteiger partial charge on any atom is 0.118 e. The molecule has 156 valence electrons. The Bertz CT molecular complexity index is 446. The molecule has 1 aromatic carbocycles. The van der Waals surface area contributed by atoms with Gasteiger partial charge in [-0.1, -0.05) is 96.1 Å². The standard InChI is InChI=1S/C24H43NO2/c1-3-4-5-6-7-8-9-10-11-12-13-14-15-24(26)23(25)20-21-16-18-22(27-2)19-17-21/h16-19,23-24,26H,3-15,20,25H2,1-2H3. The van der Waals surface area contributed by atoms with Crippen molar-refractivity contribution in [1.82, 2.24) is 0 Å². The quantitative estimate of drug-likeness (QED) is 0.326. The highest BCUT2D eigenvalue weighted by Crippen LogP contribution is 2.16. The van der Waals surface area contributed by atoms with Crippen LogP contribution in [0.1, 0.15) is 96.0 Å². The van der Waals surface area contributed by atoms with E-state index in [-0.39, 0.29) is 6.04 Å². The Kier molecular flexibility index (Phi) is 14.2. The highest BCUT2D eigenvalue weighted by atomic mass is 16.5. The van der Waals surface area contributed by atoms with Crippen LogP contribution in [0.3, 0.4) is 0 Å². The van der Waals surface area contributed by atoms with E-state index in [2.05, 4.69) is 6.92 Å². The molecule has 0 saturated carbocycles. The maximum absolute atomic E-state index is 10.3. The second-order valence-electron chi connectivity index (χ2n) is 7.96. The molecule has 0 heterocycles. The summed E-state index contributed by atoms with van der Waals surface area (Å²) < 4.78 is 5.17. The third-order valence-corrected chi connectivity index (χ3v) is 5.48. The van der Waals surface area contributed by atoms with Crippen molar-refractivity contribution in [1.29, 1.82) is 0 Å². The van der Waals surface area contributed by atoms with E-state index in [0.717, 1.165) is 24.2 Å². The van der Waals surface area contributed by atoms with Gasteiger partial charge in [0.25, 0.3) is 0 Å². The maximum atomic E-state index is 10.3. The Balaban J connectivity index is 1.97. The van der Waals surface area contributed by atoms with Crippen LogP contribution in [0.5, 0.6) is 5.75 Å². The van der Waals surface area contributed by atoms with Crippen LogP contribution in [0, 0.1) is 0 Å². The van der Waals surface area contributed by atoms with Crippen molar-refractivity contribution in [2.75, 3.05) is 7.11 Å². The number of rotatable bonds is 17. The average molecular weight is 378 g/mol. The Labute approximate surface area is 167 Å². The molecule has 0 radical (unpaired) electrons. The van der Waals surface area contributed by atoms with E-state index in [1.54, 1.807) is 7.11 Å². The first kappa shape index (κ1) is 24.0. The average Bonchev–Trinajstić information content (AvgIpc) is 2.69. The Morgan fingerprint density at radius 3 is 1.78 bits per heavy atom. The number of methoxy groups -OCH3 is 1. The summed E-state index contributed by atoms with van der Waals surface area (Å²) in [6, 6.07) is 7.75. The van der Waals surface area contributed by atoms with Crippen LogP contribution in [0.4, 0.5) is 0 Å². The summed E-state index contributed by atoms with van der Waals surface area (Å²) in [7, 11) is 1.67. The molecular formula is C24H43NO2. The normalized spacial score (nSPS) is 13.5. The first-order valence-corrected chi connectivity index (χ1v) is 11.2. The minimum Gasteiger partial charge on any atom is -0.497 e.